The van der Waals surface area contributed by atoms with E-state index < -0.39 is 11.9 Å². The summed E-state index contributed by atoms with van der Waals surface area (Å²) in [5.74, 6) is 1.77. The molecular weight excluding hydrogens is 937 g/mol. The van der Waals surface area contributed by atoms with Crippen molar-refractivity contribution in [2.75, 3.05) is 92.5 Å². The Kier molecular flexibility index (Phi) is 20.1. The number of ether oxygens (including phenoxy) is 10. The van der Waals surface area contributed by atoms with Gasteiger partial charge in [0.15, 0.2) is 13.2 Å². The van der Waals surface area contributed by atoms with Gasteiger partial charge in [-0.2, -0.15) is 0 Å². The molecule has 4 aromatic rings. The van der Waals surface area contributed by atoms with Gasteiger partial charge in [0.1, 0.15) is 36.2 Å². The molecule has 10 bridgehead atoms. The van der Waals surface area contributed by atoms with Crippen LogP contribution in [0.5, 0.6) is 23.0 Å². The van der Waals surface area contributed by atoms with Crippen molar-refractivity contribution < 1.29 is 57.0 Å². The lowest BCUT2D eigenvalue weighted by Crippen LogP contribution is -2.20. The summed E-state index contributed by atoms with van der Waals surface area (Å²) in [4.78, 5) is 26.5. The Balaban J connectivity index is 1.75. The van der Waals surface area contributed by atoms with Crippen LogP contribution in [0.3, 0.4) is 0 Å². The van der Waals surface area contributed by atoms with Gasteiger partial charge in [0.2, 0.25) is 0 Å². The fraction of sp³-hybridized carbons (Fsp3) is 0.581. The second-order valence-electron chi connectivity index (χ2n) is 23.5. The second kappa shape index (κ2) is 25.6. The smallest absolute Gasteiger partial charge is 0.344 e. The Hall–Kier alpha value is -5.14. The van der Waals surface area contributed by atoms with E-state index in [0.717, 1.165) is 78.3 Å². The Labute approximate surface area is 442 Å². The van der Waals surface area contributed by atoms with Crippen LogP contribution in [-0.2, 0) is 85.4 Å². The van der Waals surface area contributed by atoms with Crippen LogP contribution < -0.4 is 18.9 Å². The third-order valence-corrected chi connectivity index (χ3v) is 13.3. The Morgan fingerprint density at radius 2 is 0.608 bits per heavy atom. The Morgan fingerprint density at radius 1 is 0.378 bits per heavy atom. The molecule has 74 heavy (non-hydrogen) atoms. The van der Waals surface area contributed by atoms with E-state index in [2.05, 4.69) is 132 Å². The summed E-state index contributed by atoms with van der Waals surface area (Å²) in [5.41, 5.74) is 10.9. The molecule has 0 saturated heterocycles. The molecule has 0 aromatic heterocycles. The Morgan fingerprint density at radius 3 is 0.865 bits per heavy atom. The largest absolute Gasteiger partial charge is 0.491 e. The second-order valence-corrected chi connectivity index (χ2v) is 23.5. The molecule has 0 fully saturated rings. The number of fused-ring (bicyclic) bond motifs is 4. The predicted octanol–water partition coefficient (Wildman–Crippen LogP) is 11.3. The number of carbonyl (C=O) groups excluding carboxylic acids is 2. The molecule has 4 aromatic carbocycles. The summed E-state index contributed by atoms with van der Waals surface area (Å²) in [6.07, 6.45) is 1.64. The number of benzene rings is 4. The van der Waals surface area contributed by atoms with Gasteiger partial charge in [0.25, 0.3) is 0 Å². The highest BCUT2D eigenvalue weighted by atomic mass is 16.6. The van der Waals surface area contributed by atoms with Gasteiger partial charge in [0, 0.05) is 25.7 Å². The van der Waals surface area contributed by atoms with Crippen molar-refractivity contribution in [1.82, 2.24) is 0 Å². The van der Waals surface area contributed by atoms with Crippen molar-refractivity contribution in [3.05, 3.63) is 115 Å². The summed E-state index contributed by atoms with van der Waals surface area (Å²) >= 11 is 0. The summed E-state index contributed by atoms with van der Waals surface area (Å²) in [7, 11) is 0. The molecule has 12 nitrogen and oxygen atoms in total. The molecule has 0 spiro atoms. The van der Waals surface area contributed by atoms with Crippen LogP contribution in [0.4, 0.5) is 0 Å². The van der Waals surface area contributed by atoms with Crippen LogP contribution in [-0.4, -0.2) is 104 Å². The first-order valence-corrected chi connectivity index (χ1v) is 26.7. The highest BCUT2D eigenvalue weighted by Crippen LogP contribution is 2.44. The van der Waals surface area contributed by atoms with Crippen LogP contribution in [0.1, 0.15) is 164 Å². The maximum Gasteiger partial charge on any atom is 0.344 e. The van der Waals surface area contributed by atoms with Gasteiger partial charge < -0.3 is 47.4 Å². The van der Waals surface area contributed by atoms with Gasteiger partial charge in [0.05, 0.1) is 66.1 Å². The molecule has 1 aliphatic heterocycles. The molecule has 0 unspecified atom stereocenters. The van der Waals surface area contributed by atoms with E-state index in [1.165, 1.54) is 0 Å². The zero-order valence-corrected chi connectivity index (χ0v) is 47.2. The molecule has 12 heteroatoms. The first kappa shape index (κ1) is 58.1. The molecule has 0 radical (unpaired) electrons. The van der Waals surface area contributed by atoms with Gasteiger partial charge in [-0.15, -0.1) is 0 Å². The lowest BCUT2D eigenvalue weighted by Gasteiger charge is -2.29. The molecule has 0 N–H and O–H groups in total. The number of hydrogen-bond acceptors (Lipinski definition) is 12. The van der Waals surface area contributed by atoms with E-state index >= 15 is 0 Å². The van der Waals surface area contributed by atoms with E-state index in [-0.39, 0.29) is 48.1 Å². The van der Waals surface area contributed by atoms with E-state index in [1.807, 2.05) is 0 Å². The van der Waals surface area contributed by atoms with Gasteiger partial charge in [-0.1, -0.05) is 132 Å². The van der Waals surface area contributed by atoms with Crippen molar-refractivity contribution in [3.8, 4) is 23.0 Å². The van der Waals surface area contributed by atoms with Crippen molar-refractivity contribution in [3.63, 3.8) is 0 Å². The molecule has 0 amide bonds. The molecule has 6 rings (SSSR count). The fourth-order valence-corrected chi connectivity index (χ4v) is 9.20. The van der Waals surface area contributed by atoms with Crippen LogP contribution >= 0.6 is 0 Å². The van der Waals surface area contributed by atoms with Crippen molar-refractivity contribution in [2.45, 2.75) is 144 Å². The first-order chi connectivity index (χ1) is 35.0. The van der Waals surface area contributed by atoms with Crippen LogP contribution in [0.15, 0.2) is 48.5 Å². The standard InChI is InChI=1S/C62H86O12/c1-15-69-53(63)39-73-57-45-28-43-33-49(59(3,4)5)31-41-27-42-32-50(60(6,7)8)34-44(56(42)72-26-24-68-22-20-66-18-17-65-19-21-67-23-25-71-55(41)43)29-46-36-52(62(12,13)14)38-48(58(46)74-40-54(64)70-16-2)30-47(57)37-51(35-45)61(9,10)11/h31-38H,15-30,39-40H2,1-14H3. The zero-order valence-electron chi connectivity index (χ0n) is 47.2. The maximum atomic E-state index is 13.3. The summed E-state index contributed by atoms with van der Waals surface area (Å²) < 4.78 is 62.2. The third kappa shape index (κ3) is 16.2. The minimum atomic E-state index is -0.463. The predicted molar refractivity (Wildman–Crippen MR) is 290 cm³/mol. The number of hydrogen-bond donors (Lipinski definition) is 0. The number of rotatable bonds is 8. The summed E-state index contributed by atoms with van der Waals surface area (Å²) in [6, 6.07) is 17.9. The average Bonchev–Trinajstić information content (AvgIpc) is 3.30. The SMILES string of the molecule is CCOC(=O)COc1c2cc(C(C)(C)C)cc1Cc1cc(C(C)(C)C)cc(c1OCC(=O)OCC)Cc1cc(C(C)(C)C)cc3c1OCCOCCOCCOCCOCCOc1c(cc(C(C)(C)C)cc1C2)C3. The van der Waals surface area contributed by atoms with Crippen molar-refractivity contribution in [2.24, 2.45) is 0 Å². The molecular formula is C62H86O12. The fourth-order valence-electron chi connectivity index (χ4n) is 9.20. The molecule has 1 aliphatic carbocycles. The lowest BCUT2D eigenvalue weighted by molar-refractivity contribution is -0.146. The van der Waals surface area contributed by atoms with Gasteiger partial charge in [-0.05, 0) is 102 Å². The highest BCUT2D eigenvalue weighted by Gasteiger charge is 2.30. The molecule has 2 aliphatic rings. The van der Waals surface area contributed by atoms with Crippen LogP contribution in [0.25, 0.3) is 0 Å². The van der Waals surface area contributed by atoms with Gasteiger partial charge >= 0.3 is 11.9 Å². The lowest BCUT2D eigenvalue weighted by atomic mass is 9.79. The van der Waals surface area contributed by atoms with Crippen LogP contribution in [0.2, 0.25) is 0 Å². The molecule has 406 valence electrons. The normalized spacial score (nSPS) is 15.8. The monoisotopic (exact) mass is 1020 g/mol. The maximum absolute atomic E-state index is 13.3. The number of esters is 2. The van der Waals surface area contributed by atoms with E-state index in [9.17, 15) is 9.59 Å². The average molecular weight is 1020 g/mol. The van der Waals surface area contributed by atoms with E-state index in [1.54, 1.807) is 13.8 Å². The van der Waals surface area contributed by atoms with Gasteiger partial charge in [-0.25, -0.2) is 9.59 Å². The zero-order chi connectivity index (χ0) is 53.8. The van der Waals surface area contributed by atoms with Gasteiger partial charge in [-0.3, -0.25) is 0 Å². The highest BCUT2D eigenvalue weighted by molar-refractivity contribution is 5.72. The van der Waals surface area contributed by atoms with E-state index in [4.69, 9.17) is 47.4 Å². The topological polar surface area (TPSA) is 126 Å². The summed E-state index contributed by atoms with van der Waals surface area (Å²) in [6.45, 7) is 34.0. The third-order valence-electron chi connectivity index (χ3n) is 13.3. The number of carbonyl (C=O) groups is 2. The van der Waals surface area contributed by atoms with Crippen molar-refractivity contribution in [1.29, 1.82) is 0 Å². The summed E-state index contributed by atoms with van der Waals surface area (Å²) in [5, 5.41) is 0. The Bertz CT molecular complexity index is 2360. The quantitative estimate of drug-likeness (QED) is 0.137. The first-order valence-electron chi connectivity index (χ1n) is 26.7. The minimum absolute atomic E-state index is 0.225. The molecule has 1 heterocycles. The molecule has 0 saturated carbocycles. The van der Waals surface area contributed by atoms with E-state index in [0.29, 0.717) is 103 Å². The molecule has 0 atom stereocenters. The van der Waals surface area contributed by atoms with Crippen molar-refractivity contribution >= 4 is 11.9 Å². The minimum Gasteiger partial charge on any atom is -0.491 e. The van der Waals surface area contributed by atoms with Crippen LogP contribution in [0, 0.1) is 0 Å².